The molecule has 0 bridgehead atoms. The number of carbonyl (C=O) groups excluding carboxylic acids is 1. The summed E-state index contributed by atoms with van der Waals surface area (Å²) in [6.07, 6.45) is 3.24. The van der Waals surface area contributed by atoms with Gasteiger partial charge in [-0.25, -0.2) is 0 Å². The second-order valence-electron chi connectivity index (χ2n) is 4.42. The molecule has 21 heavy (non-hydrogen) atoms. The first-order chi connectivity index (χ1) is 10.1. The predicted octanol–water partition coefficient (Wildman–Crippen LogP) is 3.23. The highest BCUT2D eigenvalue weighted by Gasteiger charge is 2.12. The van der Waals surface area contributed by atoms with Crippen molar-refractivity contribution in [2.45, 2.75) is 0 Å². The number of nitrogens with zero attached hydrogens (tertiary/aromatic N) is 2. The van der Waals surface area contributed by atoms with Crippen LogP contribution in [0.2, 0.25) is 0 Å². The lowest BCUT2D eigenvalue weighted by Crippen LogP contribution is -2.13. The third-order valence-corrected chi connectivity index (χ3v) is 3.89. The van der Waals surface area contributed by atoms with Crippen molar-refractivity contribution in [3.8, 4) is 0 Å². The number of hydrogen-bond donors (Lipinski definition) is 2. The van der Waals surface area contributed by atoms with E-state index in [-0.39, 0.29) is 5.91 Å². The van der Waals surface area contributed by atoms with Crippen LogP contribution in [0.1, 0.15) is 10.4 Å². The normalized spacial score (nSPS) is 10.5. The molecule has 0 aliphatic rings. The van der Waals surface area contributed by atoms with E-state index in [4.69, 9.17) is 5.73 Å². The average Bonchev–Trinajstić information content (AvgIpc) is 2.50. The molecule has 104 valence electrons. The number of rotatable bonds is 2. The minimum atomic E-state index is -0.239. The second-order valence-corrected chi connectivity index (χ2v) is 5.22. The van der Waals surface area contributed by atoms with Gasteiger partial charge >= 0.3 is 0 Å². The molecule has 2 aromatic carbocycles. The van der Waals surface area contributed by atoms with Crippen molar-refractivity contribution in [2.75, 3.05) is 11.1 Å². The fourth-order valence-corrected chi connectivity index (χ4v) is 2.41. The second kappa shape index (κ2) is 5.49. The summed E-state index contributed by atoms with van der Waals surface area (Å²) in [7, 11) is 0. The minimum Gasteiger partial charge on any atom is -0.398 e. The molecule has 0 atom stereocenters. The summed E-state index contributed by atoms with van der Waals surface area (Å²) in [6, 6.07) is 10.5. The molecule has 0 fully saturated rings. The van der Waals surface area contributed by atoms with Gasteiger partial charge in [0.1, 0.15) is 0 Å². The summed E-state index contributed by atoms with van der Waals surface area (Å²) in [5, 5.41) is 2.83. The zero-order valence-electron chi connectivity index (χ0n) is 10.9. The molecule has 0 saturated carbocycles. The molecule has 1 heterocycles. The van der Waals surface area contributed by atoms with E-state index in [1.807, 2.05) is 6.07 Å². The number of anilines is 2. The fourth-order valence-electron chi connectivity index (χ4n) is 1.96. The summed E-state index contributed by atoms with van der Waals surface area (Å²) >= 11 is 3.33. The van der Waals surface area contributed by atoms with Gasteiger partial charge in [0.25, 0.3) is 5.91 Å². The van der Waals surface area contributed by atoms with Crippen LogP contribution in [0.3, 0.4) is 0 Å². The minimum absolute atomic E-state index is 0.239. The van der Waals surface area contributed by atoms with Gasteiger partial charge in [-0.15, -0.1) is 0 Å². The van der Waals surface area contributed by atoms with E-state index < -0.39 is 0 Å². The van der Waals surface area contributed by atoms with Crippen molar-refractivity contribution < 1.29 is 4.79 Å². The number of halogens is 1. The Bertz CT molecular complexity index is 835. The molecule has 0 aliphatic carbocycles. The first-order valence-corrected chi connectivity index (χ1v) is 7.00. The quantitative estimate of drug-likeness (QED) is 0.700. The molecule has 0 saturated heterocycles. The van der Waals surface area contributed by atoms with Crippen molar-refractivity contribution in [3.05, 3.63) is 58.8 Å². The predicted molar refractivity (Wildman–Crippen MR) is 86.0 cm³/mol. The Kier molecular flexibility index (Phi) is 3.53. The van der Waals surface area contributed by atoms with Gasteiger partial charge in [0.15, 0.2) is 0 Å². The third kappa shape index (κ3) is 2.71. The molecular weight excluding hydrogens is 332 g/mol. The van der Waals surface area contributed by atoms with Crippen LogP contribution in [0.15, 0.2) is 53.3 Å². The number of fused-ring (bicyclic) bond motifs is 1. The number of benzene rings is 2. The van der Waals surface area contributed by atoms with Crippen molar-refractivity contribution >= 4 is 44.2 Å². The topological polar surface area (TPSA) is 80.9 Å². The Labute approximate surface area is 129 Å². The first kappa shape index (κ1) is 13.5. The van der Waals surface area contributed by atoms with Gasteiger partial charge in [-0.05, 0) is 46.3 Å². The van der Waals surface area contributed by atoms with Gasteiger partial charge in [0.05, 0.1) is 21.1 Å². The van der Waals surface area contributed by atoms with E-state index in [1.165, 1.54) is 0 Å². The van der Waals surface area contributed by atoms with Crippen LogP contribution in [0.5, 0.6) is 0 Å². The Morgan fingerprint density at radius 3 is 2.67 bits per heavy atom. The van der Waals surface area contributed by atoms with Gasteiger partial charge in [0.2, 0.25) is 0 Å². The Balaban J connectivity index is 1.91. The maximum atomic E-state index is 12.3. The number of nitrogens with one attached hydrogen (secondary N) is 1. The van der Waals surface area contributed by atoms with Crippen LogP contribution in [-0.4, -0.2) is 15.9 Å². The third-order valence-electron chi connectivity index (χ3n) is 3.00. The van der Waals surface area contributed by atoms with Crippen LogP contribution in [-0.2, 0) is 0 Å². The van der Waals surface area contributed by atoms with E-state index in [1.54, 1.807) is 42.7 Å². The maximum absolute atomic E-state index is 12.3. The lowest BCUT2D eigenvalue weighted by Gasteiger charge is -2.08. The van der Waals surface area contributed by atoms with Crippen LogP contribution in [0.4, 0.5) is 11.4 Å². The van der Waals surface area contributed by atoms with Crippen molar-refractivity contribution in [2.24, 2.45) is 0 Å². The van der Waals surface area contributed by atoms with Crippen LogP contribution < -0.4 is 11.1 Å². The van der Waals surface area contributed by atoms with Crippen LogP contribution in [0.25, 0.3) is 11.0 Å². The van der Waals surface area contributed by atoms with Gasteiger partial charge in [0, 0.05) is 23.8 Å². The summed E-state index contributed by atoms with van der Waals surface area (Å²) in [5.74, 6) is -0.239. The molecule has 1 amide bonds. The van der Waals surface area contributed by atoms with E-state index in [0.717, 1.165) is 11.0 Å². The molecular formula is C15H11BrN4O. The Morgan fingerprint density at radius 1 is 1.10 bits per heavy atom. The molecule has 3 aromatic rings. The molecule has 5 nitrogen and oxygen atoms in total. The van der Waals surface area contributed by atoms with Gasteiger partial charge in [-0.2, -0.15) is 0 Å². The smallest absolute Gasteiger partial charge is 0.256 e. The zero-order valence-corrected chi connectivity index (χ0v) is 12.5. The van der Waals surface area contributed by atoms with Crippen LogP contribution >= 0.6 is 15.9 Å². The molecule has 3 rings (SSSR count). The lowest BCUT2D eigenvalue weighted by atomic mass is 10.2. The summed E-state index contributed by atoms with van der Waals surface area (Å²) < 4.78 is 0.586. The molecule has 0 unspecified atom stereocenters. The fraction of sp³-hybridized carbons (Fsp3) is 0. The van der Waals surface area contributed by atoms with Crippen LogP contribution in [0, 0.1) is 0 Å². The highest BCUT2D eigenvalue weighted by atomic mass is 79.9. The number of nitrogens with two attached hydrogens (primary N) is 1. The number of amides is 1. The summed E-state index contributed by atoms with van der Waals surface area (Å²) in [5.41, 5.74) is 8.94. The number of carbonyl (C=O) groups is 1. The maximum Gasteiger partial charge on any atom is 0.256 e. The monoisotopic (exact) mass is 342 g/mol. The molecule has 0 aliphatic heterocycles. The number of hydrogen-bond acceptors (Lipinski definition) is 4. The van der Waals surface area contributed by atoms with Gasteiger partial charge in [-0.3, -0.25) is 14.8 Å². The first-order valence-electron chi connectivity index (χ1n) is 6.21. The van der Waals surface area contributed by atoms with Gasteiger partial charge < -0.3 is 11.1 Å². The Morgan fingerprint density at radius 2 is 1.86 bits per heavy atom. The Hall–Kier alpha value is -2.47. The van der Waals surface area contributed by atoms with E-state index in [2.05, 4.69) is 31.2 Å². The molecule has 3 N–H and O–H groups in total. The highest BCUT2D eigenvalue weighted by molar-refractivity contribution is 9.10. The standard InChI is InChI=1S/C15H11BrN4O/c16-14-10(2-1-3-11(14)17)15(21)20-9-4-5-12-13(8-9)19-7-6-18-12/h1-8H,17H2,(H,20,21). The SMILES string of the molecule is Nc1cccc(C(=O)Nc2ccc3nccnc3c2)c1Br. The average molecular weight is 343 g/mol. The zero-order chi connectivity index (χ0) is 14.8. The highest BCUT2D eigenvalue weighted by Crippen LogP contribution is 2.25. The summed E-state index contributed by atoms with van der Waals surface area (Å²) in [6.45, 7) is 0. The number of aromatic nitrogens is 2. The van der Waals surface area contributed by atoms with E-state index in [9.17, 15) is 4.79 Å². The van der Waals surface area contributed by atoms with E-state index in [0.29, 0.717) is 21.4 Å². The number of nitrogen functional groups attached to an aromatic ring is 1. The molecule has 6 heteroatoms. The van der Waals surface area contributed by atoms with Crippen molar-refractivity contribution in [3.63, 3.8) is 0 Å². The largest absolute Gasteiger partial charge is 0.398 e. The molecule has 0 spiro atoms. The van der Waals surface area contributed by atoms with E-state index >= 15 is 0 Å². The lowest BCUT2D eigenvalue weighted by molar-refractivity contribution is 0.102. The van der Waals surface area contributed by atoms with Crippen molar-refractivity contribution in [1.82, 2.24) is 9.97 Å². The van der Waals surface area contributed by atoms with Gasteiger partial charge in [-0.1, -0.05) is 6.07 Å². The summed E-state index contributed by atoms with van der Waals surface area (Å²) in [4.78, 5) is 20.7. The van der Waals surface area contributed by atoms with Crippen molar-refractivity contribution in [1.29, 1.82) is 0 Å². The molecule has 0 radical (unpaired) electrons. The molecule has 1 aromatic heterocycles.